The van der Waals surface area contributed by atoms with Gasteiger partial charge in [-0.3, -0.25) is 0 Å². The molecule has 0 radical (unpaired) electrons. The molecule has 0 aliphatic carbocycles. The van der Waals surface area contributed by atoms with Crippen LogP contribution in [-0.4, -0.2) is 19.8 Å². The Labute approximate surface area is 127 Å². The molecule has 108 valence electrons. The molecule has 2 aromatic heterocycles. The second kappa shape index (κ2) is 4.89. The normalized spacial score (nSPS) is 11.4. The summed E-state index contributed by atoms with van der Waals surface area (Å²) in [6, 6.07) is 16.1. The Morgan fingerprint density at radius 2 is 1.68 bits per heavy atom. The highest BCUT2D eigenvalue weighted by molar-refractivity contribution is 5.95. The van der Waals surface area contributed by atoms with Gasteiger partial charge in [0.05, 0.1) is 5.69 Å². The van der Waals surface area contributed by atoms with Gasteiger partial charge in [-0.1, -0.05) is 48.5 Å². The average molecular weight is 289 g/mol. The van der Waals surface area contributed by atoms with Gasteiger partial charge in [-0.05, 0) is 12.5 Å². The zero-order valence-corrected chi connectivity index (χ0v) is 12.2. The Kier molecular flexibility index (Phi) is 2.87. The minimum atomic E-state index is 0.531. The topological polar surface area (TPSA) is 69.1 Å². The second-order valence-electron chi connectivity index (χ2n) is 5.29. The first-order valence-electron chi connectivity index (χ1n) is 7.18. The molecule has 5 nitrogen and oxygen atoms in total. The average Bonchev–Trinajstić information content (AvgIpc) is 2.99. The van der Waals surface area contributed by atoms with Crippen LogP contribution in [0.25, 0.3) is 27.8 Å². The van der Waals surface area contributed by atoms with Crippen molar-refractivity contribution in [2.45, 2.75) is 13.5 Å². The summed E-state index contributed by atoms with van der Waals surface area (Å²) in [4.78, 5) is 0. The summed E-state index contributed by atoms with van der Waals surface area (Å²) in [5.74, 6) is 0.743. The number of hydrogen-bond acceptors (Lipinski definition) is 4. The van der Waals surface area contributed by atoms with E-state index in [1.54, 1.807) is 0 Å². The van der Waals surface area contributed by atoms with Gasteiger partial charge in [-0.2, -0.15) is 9.61 Å². The van der Waals surface area contributed by atoms with E-state index in [1.807, 2.05) is 47.8 Å². The molecule has 0 aliphatic heterocycles. The zero-order chi connectivity index (χ0) is 15.1. The lowest BCUT2D eigenvalue weighted by atomic mass is 10.1. The summed E-state index contributed by atoms with van der Waals surface area (Å²) >= 11 is 0. The van der Waals surface area contributed by atoms with Crippen molar-refractivity contribution in [1.29, 1.82) is 0 Å². The molecule has 0 fully saturated rings. The molecular formula is C17H15N5. The van der Waals surface area contributed by atoms with Crippen LogP contribution in [0.3, 0.4) is 0 Å². The molecule has 2 N–H and O–H groups in total. The van der Waals surface area contributed by atoms with E-state index in [0.29, 0.717) is 6.54 Å². The molecule has 4 aromatic rings. The summed E-state index contributed by atoms with van der Waals surface area (Å²) in [6.45, 7) is 2.53. The lowest BCUT2D eigenvalue weighted by molar-refractivity contribution is 0.914. The molecule has 0 atom stereocenters. The molecular weight excluding hydrogens is 274 g/mol. The Morgan fingerprint density at radius 1 is 0.955 bits per heavy atom. The van der Waals surface area contributed by atoms with Gasteiger partial charge in [-0.15, -0.1) is 10.2 Å². The molecule has 0 saturated carbocycles. The van der Waals surface area contributed by atoms with Crippen LogP contribution in [0.2, 0.25) is 0 Å². The van der Waals surface area contributed by atoms with Crippen LogP contribution >= 0.6 is 0 Å². The third-order valence-electron chi connectivity index (χ3n) is 3.90. The van der Waals surface area contributed by atoms with Crippen LogP contribution in [0.1, 0.15) is 11.3 Å². The van der Waals surface area contributed by atoms with Crippen molar-refractivity contribution in [1.82, 2.24) is 19.8 Å². The molecule has 2 aromatic carbocycles. The number of nitrogens with two attached hydrogens (primary N) is 1. The van der Waals surface area contributed by atoms with Crippen LogP contribution in [-0.2, 0) is 6.54 Å². The van der Waals surface area contributed by atoms with Gasteiger partial charge in [0.2, 0.25) is 0 Å². The van der Waals surface area contributed by atoms with Gasteiger partial charge < -0.3 is 5.73 Å². The smallest absolute Gasteiger partial charge is 0.186 e. The van der Waals surface area contributed by atoms with Crippen LogP contribution < -0.4 is 5.73 Å². The van der Waals surface area contributed by atoms with Gasteiger partial charge in [0.15, 0.2) is 11.5 Å². The first-order valence-corrected chi connectivity index (χ1v) is 7.18. The van der Waals surface area contributed by atoms with E-state index in [1.165, 1.54) is 0 Å². The highest BCUT2D eigenvalue weighted by Gasteiger charge is 2.13. The van der Waals surface area contributed by atoms with E-state index in [4.69, 9.17) is 5.73 Å². The van der Waals surface area contributed by atoms with Gasteiger partial charge in [0.1, 0.15) is 0 Å². The quantitative estimate of drug-likeness (QED) is 0.616. The van der Waals surface area contributed by atoms with Gasteiger partial charge in [-0.25, -0.2) is 0 Å². The maximum absolute atomic E-state index is 5.65. The maximum Gasteiger partial charge on any atom is 0.186 e. The fourth-order valence-electron chi connectivity index (χ4n) is 2.71. The Bertz CT molecular complexity index is 970. The Morgan fingerprint density at radius 3 is 2.41 bits per heavy atom. The van der Waals surface area contributed by atoms with Gasteiger partial charge in [0, 0.05) is 22.9 Å². The van der Waals surface area contributed by atoms with Crippen molar-refractivity contribution in [2.24, 2.45) is 5.73 Å². The third kappa shape index (κ3) is 1.87. The second-order valence-corrected chi connectivity index (χ2v) is 5.29. The molecule has 22 heavy (non-hydrogen) atoms. The van der Waals surface area contributed by atoms with Crippen molar-refractivity contribution in [3.05, 3.63) is 59.8 Å². The SMILES string of the molecule is Cc1nn2c(-c3ccc(CN)cc3)nnc2c2ccccc12. The predicted octanol–water partition coefficient (Wildman–Crippen LogP) is 2.71. The van der Waals surface area contributed by atoms with E-state index in [9.17, 15) is 0 Å². The van der Waals surface area contributed by atoms with E-state index in [-0.39, 0.29) is 0 Å². The van der Waals surface area contributed by atoms with Crippen LogP contribution in [0.15, 0.2) is 48.5 Å². The number of nitrogens with zero attached hydrogens (tertiary/aromatic N) is 4. The maximum atomic E-state index is 5.65. The lowest BCUT2D eigenvalue weighted by Gasteiger charge is -2.05. The monoisotopic (exact) mass is 289 g/mol. The van der Waals surface area contributed by atoms with Crippen LogP contribution in [0.5, 0.6) is 0 Å². The van der Waals surface area contributed by atoms with Crippen molar-refractivity contribution >= 4 is 16.4 Å². The van der Waals surface area contributed by atoms with Crippen molar-refractivity contribution in [3.63, 3.8) is 0 Å². The highest BCUT2D eigenvalue weighted by Crippen LogP contribution is 2.24. The molecule has 4 rings (SSSR count). The summed E-state index contributed by atoms with van der Waals surface area (Å²) in [7, 11) is 0. The fourth-order valence-corrected chi connectivity index (χ4v) is 2.71. The molecule has 0 bridgehead atoms. The van der Waals surface area contributed by atoms with Crippen LogP contribution in [0.4, 0.5) is 0 Å². The molecule has 2 heterocycles. The van der Waals surface area contributed by atoms with E-state index in [0.717, 1.165) is 39.1 Å². The Balaban J connectivity index is 1.99. The van der Waals surface area contributed by atoms with Crippen LogP contribution in [0, 0.1) is 6.92 Å². The van der Waals surface area contributed by atoms with E-state index < -0.39 is 0 Å². The Hall–Kier alpha value is -2.79. The summed E-state index contributed by atoms with van der Waals surface area (Å²) in [5, 5.41) is 15.5. The fraction of sp³-hybridized carbons (Fsp3) is 0.118. The molecule has 0 unspecified atom stereocenters. The number of rotatable bonds is 2. The van der Waals surface area contributed by atoms with E-state index in [2.05, 4.69) is 27.4 Å². The first-order chi connectivity index (χ1) is 10.8. The lowest BCUT2D eigenvalue weighted by Crippen LogP contribution is -1.99. The molecule has 0 spiro atoms. The summed E-state index contributed by atoms with van der Waals surface area (Å²) in [6.07, 6.45) is 0. The molecule has 0 saturated heterocycles. The number of benzene rings is 2. The predicted molar refractivity (Wildman–Crippen MR) is 86.4 cm³/mol. The molecule has 5 heteroatoms. The van der Waals surface area contributed by atoms with Crippen molar-refractivity contribution in [3.8, 4) is 11.4 Å². The number of aromatic nitrogens is 4. The standard InChI is InChI=1S/C17H15N5/c1-11-14-4-2-3-5-15(14)17-20-19-16(22(17)21-11)13-8-6-12(10-18)7-9-13/h2-9H,10,18H2,1H3. The van der Waals surface area contributed by atoms with Gasteiger partial charge >= 0.3 is 0 Å². The largest absolute Gasteiger partial charge is 0.326 e. The third-order valence-corrected chi connectivity index (χ3v) is 3.90. The highest BCUT2D eigenvalue weighted by atomic mass is 15.4. The number of hydrogen-bond donors (Lipinski definition) is 1. The van der Waals surface area contributed by atoms with Crippen molar-refractivity contribution < 1.29 is 0 Å². The van der Waals surface area contributed by atoms with Gasteiger partial charge in [0.25, 0.3) is 0 Å². The zero-order valence-electron chi connectivity index (χ0n) is 12.2. The minimum absolute atomic E-state index is 0.531. The van der Waals surface area contributed by atoms with Crippen molar-refractivity contribution in [2.75, 3.05) is 0 Å². The molecule has 0 amide bonds. The molecule has 0 aliphatic rings. The minimum Gasteiger partial charge on any atom is -0.326 e. The summed E-state index contributed by atoms with van der Waals surface area (Å²) in [5.41, 5.74) is 9.45. The summed E-state index contributed by atoms with van der Waals surface area (Å²) < 4.78 is 1.81. The first kappa shape index (κ1) is 12.9. The number of aryl methyl sites for hydroxylation is 1. The number of fused-ring (bicyclic) bond motifs is 3. The van der Waals surface area contributed by atoms with E-state index >= 15 is 0 Å².